The SMILES string of the molecule is Cc1ccc(-c2cc(N)n(-c3ccccc3Br)n2)cc1. The summed E-state index contributed by atoms with van der Waals surface area (Å²) >= 11 is 3.53. The molecule has 0 aliphatic rings. The third kappa shape index (κ3) is 2.34. The first-order chi connectivity index (χ1) is 9.65. The highest BCUT2D eigenvalue weighted by Crippen LogP contribution is 2.26. The third-order valence-electron chi connectivity index (χ3n) is 3.16. The number of nitrogen functional groups attached to an aromatic ring is 1. The van der Waals surface area contributed by atoms with Crippen molar-refractivity contribution in [3.05, 3.63) is 64.6 Å². The van der Waals surface area contributed by atoms with E-state index in [1.165, 1.54) is 5.56 Å². The van der Waals surface area contributed by atoms with Gasteiger partial charge in [-0.2, -0.15) is 5.10 Å². The summed E-state index contributed by atoms with van der Waals surface area (Å²) in [6.45, 7) is 2.07. The van der Waals surface area contributed by atoms with Crippen LogP contribution in [0.25, 0.3) is 16.9 Å². The molecule has 3 aromatic rings. The smallest absolute Gasteiger partial charge is 0.127 e. The summed E-state index contributed by atoms with van der Waals surface area (Å²) in [5.74, 6) is 0.618. The minimum Gasteiger partial charge on any atom is -0.384 e. The number of halogens is 1. The van der Waals surface area contributed by atoms with Crippen molar-refractivity contribution in [1.29, 1.82) is 0 Å². The van der Waals surface area contributed by atoms with Gasteiger partial charge in [-0.25, -0.2) is 4.68 Å². The molecule has 0 spiro atoms. The Hall–Kier alpha value is -2.07. The lowest BCUT2D eigenvalue weighted by atomic mass is 10.1. The van der Waals surface area contributed by atoms with Gasteiger partial charge in [0, 0.05) is 16.1 Å². The van der Waals surface area contributed by atoms with Crippen molar-refractivity contribution in [2.45, 2.75) is 6.92 Å². The zero-order valence-corrected chi connectivity index (χ0v) is 12.6. The molecule has 100 valence electrons. The molecule has 3 rings (SSSR count). The van der Waals surface area contributed by atoms with E-state index in [4.69, 9.17) is 5.73 Å². The topological polar surface area (TPSA) is 43.8 Å². The molecule has 0 bridgehead atoms. The zero-order chi connectivity index (χ0) is 14.1. The lowest BCUT2D eigenvalue weighted by molar-refractivity contribution is 0.891. The van der Waals surface area contributed by atoms with Crippen LogP contribution in [0, 0.1) is 6.92 Å². The number of aryl methyl sites for hydroxylation is 1. The average Bonchev–Trinajstić information content (AvgIpc) is 2.82. The Bertz CT molecular complexity index is 745. The van der Waals surface area contributed by atoms with E-state index in [1.54, 1.807) is 4.68 Å². The normalized spacial score (nSPS) is 10.7. The van der Waals surface area contributed by atoms with E-state index in [9.17, 15) is 0 Å². The lowest BCUT2D eigenvalue weighted by Gasteiger charge is -2.05. The second-order valence-corrected chi connectivity index (χ2v) is 5.54. The number of aromatic nitrogens is 2. The monoisotopic (exact) mass is 327 g/mol. The molecule has 4 heteroatoms. The van der Waals surface area contributed by atoms with Crippen molar-refractivity contribution in [2.75, 3.05) is 5.73 Å². The molecular formula is C16H14BrN3. The first kappa shape index (κ1) is 12.9. The molecule has 0 aliphatic heterocycles. The first-order valence-electron chi connectivity index (χ1n) is 6.32. The Kier molecular flexibility index (Phi) is 3.32. The number of nitrogens with two attached hydrogens (primary N) is 1. The van der Waals surface area contributed by atoms with Gasteiger partial charge < -0.3 is 5.73 Å². The molecule has 0 saturated heterocycles. The number of nitrogens with zero attached hydrogens (tertiary/aromatic N) is 2. The molecule has 1 heterocycles. The van der Waals surface area contributed by atoms with E-state index >= 15 is 0 Å². The minimum absolute atomic E-state index is 0.618. The Morgan fingerprint density at radius 3 is 2.45 bits per heavy atom. The molecule has 0 radical (unpaired) electrons. The Labute approximate surface area is 126 Å². The second kappa shape index (κ2) is 5.13. The molecule has 0 atom stereocenters. The van der Waals surface area contributed by atoms with E-state index in [2.05, 4.69) is 52.2 Å². The fraction of sp³-hybridized carbons (Fsp3) is 0.0625. The van der Waals surface area contributed by atoms with Crippen molar-refractivity contribution in [2.24, 2.45) is 0 Å². The van der Waals surface area contributed by atoms with Crippen molar-refractivity contribution < 1.29 is 0 Å². The van der Waals surface area contributed by atoms with E-state index in [1.807, 2.05) is 30.3 Å². The van der Waals surface area contributed by atoms with Crippen LogP contribution in [0.15, 0.2) is 59.1 Å². The first-order valence-corrected chi connectivity index (χ1v) is 7.12. The highest BCUT2D eigenvalue weighted by Gasteiger charge is 2.10. The van der Waals surface area contributed by atoms with Gasteiger partial charge in [-0.3, -0.25) is 0 Å². The molecule has 3 nitrogen and oxygen atoms in total. The van der Waals surface area contributed by atoms with Crippen LogP contribution in [-0.2, 0) is 0 Å². The van der Waals surface area contributed by atoms with Gasteiger partial charge in [-0.1, -0.05) is 42.0 Å². The molecule has 1 aromatic heterocycles. The maximum absolute atomic E-state index is 6.09. The summed E-state index contributed by atoms with van der Waals surface area (Å²) in [4.78, 5) is 0. The molecule has 0 fully saturated rings. The van der Waals surface area contributed by atoms with Gasteiger partial charge in [0.2, 0.25) is 0 Å². The highest BCUT2D eigenvalue weighted by atomic mass is 79.9. The van der Waals surface area contributed by atoms with Crippen LogP contribution in [-0.4, -0.2) is 9.78 Å². The van der Waals surface area contributed by atoms with Crippen molar-refractivity contribution >= 4 is 21.7 Å². The van der Waals surface area contributed by atoms with Gasteiger partial charge in [0.1, 0.15) is 5.82 Å². The predicted molar refractivity (Wildman–Crippen MR) is 85.8 cm³/mol. The number of hydrogen-bond acceptors (Lipinski definition) is 2. The van der Waals surface area contributed by atoms with Gasteiger partial charge in [0.25, 0.3) is 0 Å². The van der Waals surface area contributed by atoms with Gasteiger partial charge in [-0.15, -0.1) is 0 Å². The van der Waals surface area contributed by atoms with Crippen molar-refractivity contribution in [3.63, 3.8) is 0 Å². The number of anilines is 1. The minimum atomic E-state index is 0.618. The van der Waals surface area contributed by atoms with E-state index < -0.39 is 0 Å². The summed E-state index contributed by atoms with van der Waals surface area (Å²) in [5.41, 5.74) is 10.2. The highest BCUT2D eigenvalue weighted by molar-refractivity contribution is 9.10. The van der Waals surface area contributed by atoms with Gasteiger partial charge in [0.15, 0.2) is 0 Å². The second-order valence-electron chi connectivity index (χ2n) is 4.68. The van der Waals surface area contributed by atoms with E-state index in [0.717, 1.165) is 21.4 Å². The van der Waals surface area contributed by atoms with Crippen LogP contribution in [0.3, 0.4) is 0 Å². The molecule has 0 saturated carbocycles. The van der Waals surface area contributed by atoms with Gasteiger partial charge >= 0.3 is 0 Å². The fourth-order valence-corrected chi connectivity index (χ4v) is 2.53. The number of para-hydroxylation sites is 1. The summed E-state index contributed by atoms with van der Waals surface area (Å²) in [6, 6.07) is 18.0. The Morgan fingerprint density at radius 1 is 1.05 bits per heavy atom. The third-order valence-corrected chi connectivity index (χ3v) is 3.84. The quantitative estimate of drug-likeness (QED) is 0.766. The summed E-state index contributed by atoms with van der Waals surface area (Å²) in [7, 11) is 0. The standard InChI is InChI=1S/C16H14BrN3/c1-11-6-8-12(9-7-11)14-10-16(18)20(19-14)15-5-3-2-4-13(15)17/h2-10H,18H2,1H3. The zero-order valence-electron chi connectivity index (χ0n) is 11.0. The van der Waals surface area contributed by atoms with Crippen LogP contribution in [0.4, 0.5) is 5.82 Å². The molecule has 20 heavy (non-hydrogen) atoms. The van der Waals surface area contributed by atoms with E-state index in [0.29, 0.717) is 5.82 Å². The van der Waals surface area contributed by atoms with E-state index in [-0.39, 0.29) is 0 Å². The van der Waals surface area contributed by atoms with Crippen molar-refractivity contribution in [1.82, 2.24) is 9.78 Å². The van der Waals surface area contributed by atoms with Crippen LogP contribution in [0.5, 0.6) is 0 Å². The molecule has 0 aliphatic carbocycles. The largest absolute Gasteiger partial charge is 0.384 e. The maximum atomic E-state index is 6.09. The molecular weight excluding hydrogens is 314 g/mol. The van der Waals surface area contributed by atoms with Crippen LogP contribution in [0.1, 0.15) is 5.56 Å². The average molecular weight is 328 g/mol. The molecule has 2 aromatic carbocycles. The van der Waals surface area contributed by atoms with Crippen LogP contribution in [0.2, 0.25) is 0 Å². The maximum Gasteiger partial charge on any atom is 0.127 e. The molecule has 2 N–H and O–H groups in total. The number of benzene rings is 2. The Balaban J connectivity index is 2.08. The van der Waals surface area contributed by atoms with Gasteiger partial charge in [0.05, 0.1) is 11.4 Å². The molecule has 0 amide bonds. The number of rotatable bonds is 2. The summed E-state index contributed by atoms with van der Waals surface area (Å²) in [5, 5.41) is 4.60. The summed E-state index contributed by atoms with van der Waals surface area (Å²) < 4.78 is 2.71. The molecule has 0 unspecified atom stereocenters. The predicted octanol–water partition coefficient (Wildman–Crippen LogP) is 4.19. The summed E-state index contributed by atoms with van der Waals surface area (Å²) in [6.07, 6.45) is 0. The fourth-order valence-electron chi connectivity index (χ4n) is 2.08. The van der Waals surface area contributed by atoms with Crippen molar-refractivity contribution in [3.8, 4) is 16.9 Å². The Morgan fingerprint density at radius 2 is 1.75 bits per heavy atom. The lowest BCUT2D eigenvalue weighted by Crippen LogP contribution is -2.02. The van der Waals surface area contributed by atoms with Gasteiger partial charge in [-0.05, 0) is 35.0 Å². The number of hydrogen-bond donors (Lipinski definition) is 1. The van der Waals surface area contributed by atoms with Crippen LogP contribution < -0.4 is 5.73 Å². The van der Waals surface area contributed by atoms with Crippen LogP contribution >= 0.6 is 15.9 Å².